The summed E-state index contributed by atoms with van der Waals surface area (Å²) in [6, 6.07) is 8.35. The normalized spacial score (nSPS) is 38.5. The molecule has 1 unspecified atom stereocenters. The first-order valence-corrected chi connectivity index (χ1v) is 8.94. The van der Waals surface area contributed by atoms with E-state index in [1.165, 1.54) is 37.7 Å². The summed E-state index contributed by atoms with van der Waals surface area (Å²) < 4.78 is 5.49. The molecule has 0 saturated heterocycles. The van der Waals surface area contributed by atoms with E-state index < -0.39 is 0 Å². The molecule has 0 amide bonds. The van der Waals surface area contributed by atoms with Crippen molar-refractivity contribution in [3.05, 3.63) is 29.8 Å². The van der Waals surface area contributed by atoms with Crippen LogP contribution in [-0.2, 0) is 6.42 Å². The summed E-state index contributed by atoms with van der Waals surface area (Å²) in [5, 5.41) is 0.274. The summed E-state index contributed by atoms with van der Waals surface area (Å²) in [6.45, 7) is 0. The van der Waals surface area contributed by atoms with E-state index in [1.807, 2.05) is 6.07 Å². The first kappa shape index (κ1) is 13.9. The van der Waals surface area contributed by atoms with Gasteiger partial charge in [-0.1, -0.05) is 18.2 Å². The van der Waals surface area contributed by atoms with Gasteiger partial charge in [-0.2, -0.15) is 0 Å². The lowest BCUT2D eigenvalue weighted by Crippen LogP contribution is -2.48. The third-order valence-electron chi connectivity index (χ3n) is 6.32. The maximum atomic E-state index is 6.93. The number of ether oxygens (including phenoxy) is 1. The highest BCUT2D eigenvalue weighted by molar-refractivity contribution is 6.21. The molecular formula is C19H25ClO. The van der Waals surface area contributed by atoms with Crippen LogP contribution in [-0.4, -0.2) is 12.5 Å². The first-order chi connectivity index (χ1) is 10.2. The first-order valence-electron chi connectivity index (χ1n) is 8.50. The molecule has 1 aromatic carbocycles. The molecule has 0 radical (unpaired) electrons. The van der Waals surface area contributed by atoms with Gasteiger partial charge in [-0.05, 0) is 79.7 Å². The minimum atomic E-state index is 0.274. The van der Waals surface area contributed by atoms with Gasteiger partial charge >= 0.3 is 0 Å². The third-order valence-corrected chi connectivity index (χ3v) is 6.77. The van der Waals surface area contributed by atoms with E-state index in [-0.39, 0.29) is 5.38 Å². The molecule has 2 heteroatoms. The molecule has 21 heavy (non-hydrogen) atoms. The number of alkyl halides is 1. The molecule has 114 valence electrons. The van der Waals surface area contributed by atoms with E-state index in [9.17, 15) is 0 Å². The van der Waals surface area contributed by atoms with Crippen molar-refractivity contribution in [1.29, 1.82) is 0 Å². The van der Waals surface area contributed by atoms with Gasteiger partial charge in [0.2, 0.25) is 0 Å². The fourth-order valence-electron chi connectivity index (χ4n) is 5.78. The SMILES string of the molecule is COc1ccccc1CC(Cl)C1C2CC3CC(C2)CC1C3. The van der Waals surface area contributed by atoms with Crippen LogP contribution in [0.15, 0.2) is 24.3 Å². The number of benzene rings is 1. The van der Waals surface area contributed by atoms with Crippen LogP contribution in [0.5, 0.6) is 5.75 Å². The van der Waals surface area contributed by atoms with Gasteiger partial charge in [0.05, 0.1) is 7.11 Å². The molecule has 1 aromatic rings. The molecular weight excluding hydrogens is 280 g/mol. The van der Waals surface area contributed by atoms with Crippen molar-refractivity contribution in [3.63, 3.8) is 0 Å². The molecule has 5 rings (SSSR count). The highest BCUT2D eigenvalue weighted by atomic mass is 35.5. The lowest BCUT2D eigenvalue weighted by Gasteiger charge is -2.55. The molecule has 4 aliphatic carbocycles. The molecule has 0 aromatic heterocycles. The second kappa shape index (κ2) is 5.50. The lowest BCUT2D eigenvalue weighted by atomic mass is 9.51. The Morgan fingerprint density at radius 2 is 1.67 bits per heavy atom. The summed E-state index contributed by atoms with van der Waals surface area (Å²) in [6.07, 6.45) is 8.27. The maximum absolute atomic E-state index is 6.93. The Balaban J connectivity index is 1.51. The Kier molecular flexibility index (Phi) is 3.65. The standard InChI is InChI=1S/C19H25ClO/c1-21-18-5-3-2-4-14(18)11-17(20)19-15-7-12-6-13(9-15)10-16(19)8-12/h2-5,12-13,15-17,19H,6-11H2,1H3. The van der Waals surface area contributed by atoms with Gasteiger partial charge in [0.15, 0.2) is 0 Å². The predicted octanol–water partition coefficient (Wildman–Crippen LogP) is 4.92. The van der Waals surface area contributed by atoms with Crippen molar-refractivity contribution in [1.82, 2.24) is 0 Å². The zero-order chi connectivity index (χ0) is 14.4. The molecule has 4 bridgehead atoms. The second-order valence-electron chi connectivity index (χ2n) is 7.54. The fourth-order valence-corrected chi connectivity index (χ4v) is 6.35. The van der Waals surface area contributed by atoms with Crippen molar-refractivity contribution in [2.45, 2.75) is 43.9 Å². The smallest absolute Gasteiger partial charge is 0.122 e. The van der Waals surface area contributed by atoms with Crippen molar-refractivity contribution in [3.8, 4) is 5.75 Å². The summed E-state index contributed by atoms with van der Waals surface area (Å²) in [7, 11) is 1.75. The number of methoxy groups -OCH3 is 1. The second-order valence-corrected chi connectivity index (χ2v) is 8.10. The van der Waals surface area contributed by atoms with Crippen molar-refractivity contribution >= 4 is 11.6 Å². The summed E-state index contributed by atoms with van der Waals surface area (Å²) >= 11 is 6.93. The van der Waals surface area contributed by atoms with E-state index in [2.05, 4.69) is 18.2 Å². The van der Waals surface area contributed by atoms with Crippen LogP contribution in [0.25, 0.3) is 0 Å². The highest BCUT2D eigenvalue weighted by Gasteiger charge is 2.50. The third kappa shape index (κ3) is 2.48. The van der Waals surface area contributed by atoms with Gasteiger partial charge in [-0.25, -0.2) is 0 Å². The summed E-state index contributed by atoms with van der Waals surface area (Å²) in [5.41, 5.74) is 1.27. The van der Waals surface area contributed by atoms with Crippen LogP contribution < -0.4 is 4.74 Å². The van der Waals surface area contributed by atoms with E-state index >= 15 is 0 Å². The largest absolute Gasteiger partial charge is 0.496 e. The highest BCUT2D eigenvalue weighted by Crippen LogP contribution is 2.58. The zero-order valence-electron chi connectivity index (χ0n) is 12.8. The van der Waals surface area contributed by atoms with Gasteiger partial charge in [0.1, 0.15) is 5.75 Å². The Bertz CT molecular complexity index is 484. The van der Waals surface area contributed by atoms with Gasteiger partial charge in [-0.3, -0.25) is 0 Å². The molecule has 4 fully saturated rings. The lowest BCUT2D eigenvalue weighted by molar-refractivity contribution is -0.0376. The van der Waals surface area contributed by atoms with E-state index in [1.54, 1.807) is 7.11 Å². The van der Waals surface area contributed by atoms with Crippen LogP contribution in [0.4, 0.5) is 0 Å². The average molecular weight is 305 g/mol. The Hall–Kier alpha value is -0.690. The molecule has 4 aliphatic rings. The van der Waals surface area contributed by atoms with Crippen LogP contribution in [0, 0.1) is 29.6 Å². The molecule has 0 heterocycles. The van der Waals surface area contributed by atoms with Gasteiger partial charge < -0.3 is 4.74 Å². The number of hydrogen-bond acceptors (Lipinski definition) is 1. The zero-order valence-corrected chi connectivity index (χ0v) is 13.6. The van der Waals surface area contributed by atoms with Crippen LogP contribution in [0.1, 0.15) is 37.7 Å². The topological polar surface area (TPSA) is 9.23 Å². The minimum absolute atomic E-state index is 0.274. The average Bonchev–Trinajstić information content (AvgIpc) is 2.46. The van der Waals surface area contributed by atoms with E-state index in [4.69, 9.17) is 16.3 Å². The molecule has 0 aliphatic heterocycles. The Labute approximate surface area is 133 Å². The summed E-state index contributed by atoms with van der Waals surface area (Å²) in [4.78, 5) is 0. The summed E-state index contributed by atoms with van der Waals surface area (Å²) in [5.74, 6) is 5.59. The molecule has 1 nitrogen and oxygen atoms in total. The predicted molar refractivity (Wildman–Crippen MR) is 86.9 cm³/mol. The van der Waals surface area contributed by atoms with Crippen LogP contribution >= 0.6 is 11.6 Å². The van der Waals surface area contributed by atoms with Crippen molar-refractivity contribution in [2.24, 2.45) is 29.6 Å². The van der Waals surface area contributed by atoms with Crippen LogP contribution in [0.2, 0.25) is 0 Å². The van der Waals surface area contributed by atoms with E-state index in [0.29, 0.717) is 0 Å². The van der Waals surface area contributed by atoms with Crippen molar-refractivity contribution < 1.29 is 4.74 Å². The number of halogens is 1. The number of para-hydroxylation sites is 1. The van der Waals surface area contributed by atoms with Crippen molar-refractivity contribution in [2.75, 3.05) is 7.11 Å². The van der Waals surface area contributed by atoms with E-state index in [0.717, 1.165) is 41.8 Å². The van der Waals surface area contributed by atoms with Gasteiger partial charge in [0.25, 0.3) is 0 Å². The Morgan fingerprint density at radius 1 is 1.05 bits per heavy atom. The number of rotatable bonds is 4. The van der Waals surface area contributed by atoms with Crippen LogP contribution in [0.3, 0.4) is 0 Å². The van der Waals surface area contributed by atoms with Gasteiger partial charge in [0, 0.05) is 5.38 Å². The fraction of sp³-hybridized carbons (Fsp3) is 0.684. The Morgan fingerprint density at radius 3 is 2.29 bits per heavy atom. The molecule has 0 N–H and O–H groups in total. The molecule has 1 atom stereocenters. The quantitative estimate of drug-likeness (QED) is 0.718. The monoisotopic (exact) mass is 304 g/mol. The molecule has 4 saturated carbocycles. The van der Waals surface area contributed by atoms with Gasteiger partial charge in [-0.15, -0.1) is 11.6 Å². The minimum Gasteiger partial charge on any atom is -0.496 e. The molecule has 0 spiro atoms. The number of hydrogen-bond donors (Lipinski definition) is 0. The maximum Gasteiger partial charge on any atom is 0.122 e.